The van der Waals surface area contributed by atoms with E-state index in [0.717, 1.165) is 11.1 Å². The van der Waals surface area contributed by atoms with Crippen LogP contribution < -0.4 is 20.3 Å². The predicted octanol–water partition coefficient (Wildman–Crippen LogP) is 1.11. The summed E-state index contributed by atoms with van der Waals surface area (Å²) in [5.74, 6) is 1.05. The molecule has 5 rings (SSSR count). The second kappa shape index (κ2) is 7.15. The highest BCUT2D eigenvalue weighted by Gasteiger charge is 2.46. The Balaban J connectivity index is 1.39. The van der Waals surface area contributed by atoms with Gasteiger partial charge in [0, 0.05) is 18.3 Å². The van der Waals surface area contributed by atoms with E-state index in [1.165, 1.54) is 9.80 Å². The van der Waals surface area contributed by atoms with Crippen molar-refractivity contribution in [2.75, 3.05) is 36.1 Å². The average Bonchev–Trinajstić information content (AvgIpc) is 3.32. The fourth-order valence-electron chi connectivity index (χ4n) is 3.92. The molecule has 2 amide bonds. The number of ether oxygens (including phenoxy) is 3. The van der Waals surface area contributed by atoms with Crippen molar-refractivity contribution in [2.24, 2.45) is 5.73 Å². The lowest BCUT2D eigenvalue weighted by molar-refractivity contribution is 0.0734. The van der Waals surface area contributed by atoms with Gasteiger partial charge in [-0.1, -0.05) is 6.07 Å². The molecule has 2 fully saturated rings. The summed E-state index contributed by atoms with van der Waals surface area (Å²) >= 11 is 0. The van der Waals surface area contributed by atoms with Gasteiger partial charge in [0.2, 0.25) is 0 Å². The number of carbonyl (C=O) groups is 2. The molecule has 3 N–H and O–H groups in total. The number of aromatic nitrogens is 1. The molecule has 10 nitrogen and oxygen atoms in total. The van der Waals surface area contributed by atoms with Gasteiger partial charge in [-0.05, 0) is 29.8 Å². The van der Waals surface area contributed by atoms with Gasteiger partial charge in [0.1, 0.15) is 30.3 Å². The van der Waals surface area contributed by atoms with Crippen LogP contribution in [0.3, 0.4) is 0 Å². The van der Waals surface area contributed by atoms with Gasteiger partial charge in [-0.2, -0.15) is 0 Å². The number of carbonyl (C=O) groups excluding carboxylic acids is 2. The van der Waals surface area contributed by atoms with Crippen LogP contribution in [-0.2, 0) is 9.47 Å². The van der Waals surface area contributed by atoms with Gasteiger partial charge in [-0.15, -0.1) is 0 Å². The fraction of sp³-hybridized carbons (Fsp3) is 0.350. The Hall–Kier alpha value is -3.37. The predicted molar refractivity (Wildman–Crippen MR) is 105 cm³/mol. The maximum absolute atomic E-state index is 12.2. The molecule has 3 aliphatic rings. The zero-order chi connectivity index (χ0) is 20.8. The highest BCUT2D eigenvalue weighted by molar-refractivity contribution is 5.94. The SMILES string of the molecule is NCC1CN(c2ccc(-c3ccc4c(c3)OCC3C(CO)OC(=O)N43)cn2)C(=O)O1. The van der Waals surface area contributed by atoms with Crippen molar-refractivity contribution >= 4 is 23.7 Å². The minimum Gasteiger partial charge on any atom is -0.489 e. The number of hydrogen-bond donors (Lipinski definition) is 2. The zero-order valence-electron chi connectivity index (χ0n) is 15.9. The molecule has 0 spiro atoms. The first-order valence-electron chi connectivity index (χ1n) is 9.61. The summed E-state index contributed by atoms with van der Waals surface area (Å²) in [6.07, 6.45) is -0.212. The number of rotatable bonds is 4. The van der Waals surface area contributed by atoms with E-state index < -0.39 is 18.3 Å². The van der Waals surface area contributed by atoms with E-state index in [1.54, 1.807) is 18.3 Å². The van der Waals surface area contributed by atoms with Gasteiger partial charge in [0.05, 0.1) is 18.8 Å². The first-order chi connectivity index (χ1) is 14.6. The molecule has 2 saturated heterocycles. The van der Waals surface area contributed by atoms with Crippen molar-refractivity contribution in [1.29, 1.82) is 0 Å². The molecule has 0 radical (unpaired) electrons. The average molecular weight is 412 g/mol. The molecule has 0 saturated carbocycles. The largest absolute Gasteiger partial charge is 0.489 e. The Morgan fingerprint density at radius 3 is 2.67 bits per heavy atom. The number of amides is 2. The number of cyclic esters (lactones) is 2. The van der Waals surface area contributed by atoms with Crippen LogP contribution in [0.1, 0.15) is 0 Å². The van der Waals surface area contributed by atoms with Gasteiger partial charge in [0.25, 0.3) is 0 Å². The molecule has 2 aromatic rings. The van der Waals surface area contributed by atoms with E-state index in [2.05, 4.69) is 4.98 Å². The molecule has 1 aromatic heterocycles. The number of nitrogens with zero attached hydrogens (tertiary/aromatic N) is 3. The van der Waals surface area contributed by atoms with Crippen LogP contribution >= 0.6 is 0 Å². The van der Waals surface area contributed by atoms with E-state index in [-0.39, 0.29) is 31.9 Å². The summed E-state index contributed by atoms with van der Waals surface area (Å²) in [5, 5.41) is 9.40. The van der Waals surface area contributed by atoms with E-state index in [4.69, 9.17) is 19.9 Å². The van der Waals surface area contributed by atoms with Crippen molar-refractivity contribution < 1.29 is 28.9 Å². The molecule has 10 heteroatoms. The van der Waals surface area contributed by atoms with Crippen molar-refractivity contribution in [2.45, 2.75) is 18.2 Å². The molecule has 4 heterocycles. The summed E-state index contributed by atoms with van der Waals surface area (Å²) in [7, 11) is 0. The van der Waals surface area contributed by atoms with Crippen LogP contribution in [0.2, 0.25) is 0 Å². The third-order valence-electron chi connectivity index (χ3n) is 5.51. The zero-order valence-corrected chi connectivity index (χ0v) is 15.9. The van der Waals surface area contributed by atoms with Gasteiger partial charge in [-0.3, -0.25) is 9.80 Å². The summed E-state index contributed by atoms with van der Waals surface area (Å²) in [4.78, 5) is 31.5. The first-order valence-corrected chi connectivity index (χ1v) is 9.61. The molecular formula is C20H20N4O6. The number of anilines is 2. The second-order valence-electron chi connectivity index (χ2n) is 7.29. The van der Waals surface area contributed by atoms with E-state index >= 15 is 0 Å². The fourth-order valence-corrected chi connectivity index (χ4v) is 3.92. The monoisotopic (exact) mass is 412 g/mol. The van der Waals surface area contributed by atoms with Gasteiger partial charge in [0.15, 0.2) is 6.10 Å². The number of nitrogens with two attached hydrogens (primary N) is 1. The van der Waals surface area contributed by atoms with E-state index in [1.807, 2.05) is 18.2 Å². The topological polar surface area (TPSA) is 127 Å². The van der Waals surface area contributed by atoms with Gasteiger partial charge >= 0.3 is 12.2 Å². The molecule has 3 unspecified atom stereocenters. The highest BCUT2D eigenvalue weighted by Crippen LogP contribution is 2.41. The number of aliphatic hydroxyl groups excluding tert-OH is 1. The number of hydrogen-bond acceptors (Lipinski definition) is 8. The lowest BCUT2D eigenvalue weighted by Gasteiger charge is -2.31. The minimum absolute atomic E-state index is 0.240. The van der Waals surface area contributed by atoms with E-state index in [9.17, 15) is 14.7 Å². The Morgan fingerprint density at radius 1 is 1.13 bits per heavy atom. The molecular weight excluding hydrogens is 392 g/mol. The van der Waals surface area contributed by atoms with Gasteiger partial charge < -0.3 is 25.1 Å². The lowest BCUT2D eigenvalue weighted by Crippen LogP contribution is -2.45. The molecule has 0 bridgehead atoms. The Kier molecular flexibility index (Phi) is 4.44. The maximum Gasteiger partial charge on any atom is 0.415 e. The molecule has 0 aliphatic carbocycles. The quantitative estimate of drug-likeness (QED) is 0.765. The highest BCUT2D eigenvalue weighted by atomic mass is 16.6. The van der Waals surface area contributed by atoms with Crippen molar-refractivity contribution in [3.63, 3.8) is 0 Å². The van der Waals surface area contributed by atoms with Crippen molar-refractivity contribution in [3.05, 3.63) is 36.5 Å². The summed E-state index contributed by atoms with van der Waals surface area (Å²) < 4.78 is 16.2. The van der Waals surface area contributed by atoms with Crippen molar-refractivity contribution in [3.8, 4) is 16.9 Å². The molecule has 30 heavy (non-hydrogen) atoms. The van der Waals surface area contributed by atoms with Crippen LogP contribution in [0, 0.1) is 0 Å². The third-order valence-corrected chi connectivity index (χ3v) is 5.51. The standard InChI is InChI=1S/C20H20N4O6/c21-6-13-8-23(19(26)29-13)18-4-2-12(7-22-18)11-1-3-14-16(5-11)28-10-15-17(9-25)30-20(27)24(14)15/h1-5,7,13,15,17,25H,6,8-10,21H2. The normalized spacial score (nSPS) is 24.8. The van der Waals surface area contributed by atoms with Crippen LogP contribution in [0.25, 0.3) is 11.1 Å². The summed E-state index contributed by atoms with van der Waals surface area (Å²) in [5.41, 5.74) is 7.85. The van der Waals surface area contributed by atoms with Gasteiger partial charge in [-0.25, -0.2) is 14.6 Å². The minimum atomic E-state index is -0.599. The molecule has 3 aliphatic heterocycles. The smallest absolute Gasteiger partial charge is 0.415 e. The Labute approximate surface area is 171 Å². The number of pyridine rings is 1. The van der Waals surface area contributed by atoms with E-state index in [0.29, 0.717) is 23.8 Å². The Bertz CT molecular complexity index is 997. The Morgan fingerprint density at radius 2 is 1.97 bits per heavy atom. The molecule has 1 aromatic carbocycles. The number of benzene rings is 1. The first kappa shape index (κ1) is 18.6. The van der Waals surface area contributed by atoms with Crippen LogP contribution in [0.15, 0.2) is 36.5 Å². The lowest BCUT2D eigenvalue weighted by atomic mass is 10.0. The maximum atomic E-state index is 12.2. The van der Waals surface area contributed by atoms with Crippen LogP contribution in [-0.4, -0.2) is 66.8 Å². The third kappa shape index (κ3) is 2.92. The van der Waals surface area contributed by atoms with Crippen LogP contribution in [0.5, 0.6) is 5.75 Å². The molecule has 3 atom stereocenters. The molecule has 156 valence electrons. The second-order valence-corrected chi connectivity index (χ2v) is 7.29. The number of aliphatic hydroxyl groups is 1. The summed E-state index contributed by atoms with van der Waals surface area (Å²) in [6, 6.07) is 8.72. The summed E-state index contributed by atoms with van der Waals surface area (Å²) in [6.45, 7) is 0.624. The van der Waals surface area contributed by atoms with Crippen molar-refractivity contribution in [1.82, 2.24) is 4.98 Å². The van der Waals surface area contributed by atoms with Crippen LogP contribution in [0.4, 0.5) is 21.1 Å². The number of fused-ring (bicyclic) bond motifs is 3.